The van der Waals surface area contributed by atoms with Crippen LogP contribution in [-0.4, -0.2) is 26.9 Å². The van der Waals surface area contributed by atoms with Crippen LogP contribution in [0.2, 0.25) is 0 Å². The number of hydrogen-bond acceptors (Lipinski definition) is 4. The highest BCUT2D eigenvalue weighted by Gasteiger charge is 2.34. The summed E-state index contributed by atoms with van der Waals surface area (Å²) in [6, 6.07) is 9.31. The summed E-state index contributed by atoms with van der Waals surface area (Å²) in [6.07, 6.45) is 0.906. The molecule has 1 fully saturated rings. The summed E-state index contributed by atoms with van der Waals surface area (Å²) in [6.45, 7) is 0.776. The maximum absolute atomic E-state index is 11.6. The fourth-order valence-electron chi connectivity index (χ4n) is 2.49. The Morgan fingerprint density at radius 3 is 2.84 bits per heavy atom. The number of rotatable bonds is 3. The molecule has 2 rings (SSSR count). The van der Waals surface area contributed by atoms with Crippen molar-refractivity contribution in [2.24, 2.45) is 11.1 Å². The Morgan fingerprint density at radius 2 is 2.16 bits per heavy atom. The van der Waals surface area contributed by atoms with E-state index in [0.717, 1.165) is 5.56 Å². The Labute approximate surface area is 113 Å². The number of hydrogen-bond donors (Lipinski definition) is 1. The Bertz CT molecular complexity index is 592. The van der Waals surface area contributed by atoms with E-state index in [4.69, 9.17) is 15.1 Å². The highest BCUT2D eigenvalue weighted by Crippen LogP contribution is 2.25. The molecule has 2 N–H and O–H groups in total. The average Bonchev–Trinajstić information content (AvgIpc) is 2.39. The molecule has 0 saturated carbocycles. The first-order valence-corrected chi connectivity index (χ1v) is 7.70. The molecule has 2 atom stereocenters. The summed E-state index contributed by atoms with van der Waals surface area (Å²) >= 11 is 0. The van der Waals surface area contributed by atoms with E-state index in [1.807, 2.05) is 12.1 Å². The van der Waals surface area contributed by atoms with Gasteiger partial charge in [0.15, 0.2) is 0 Å². The van der Waals surface area contributed by atoms with Crippen LogP contribution in [0.25, 0.3) is 0 Å². The number of nitrogens with two attached hydrogens (primary N) is 1. The topological polar surface area (TPSA) is 93.2 Å². The van der Waals surface area contributed by atoms with Gasteiger partial charge in [0.2, 0.25) is 10.0 Å². The second kappa shape index (κ2) is 5.70. The lowest BCUT2D eigenvalue weighted by molar-refractivity contribution is 0.0572. The summed E-state index contributed by atoms with van der Waals surface area (Å²) in [7, 11) is -3.58. The van der Waals surface area contributed by atoms with E-state index in [-0.39, 0.29) is 5.92 Å². The van der Waals surface area contributed by atoms with Crippen LogP contribution in [0.15, 0.2) is 24.3 Å². The molecular formula is C13H16N2O3S. The molecule has 19 heavy (non-hydrogen) atoms. The van der Waals surface area contributed by atoms with Crippen molar-refractivity contribution >= 4 is 10.0 Å². The number of primary sulfonamides is 1. The summed E-state index contributed by atoms with van der Waals surface area (Å²) in [5.41, 5.74) is 1.41. The van der Waals surface area contributed by atoms with Gasteiger partial charge in [0, 0.05) is 12.5 Å². The minimum absolute atomic E-state index is 0.196. The smallest absolute Gasteiger partial charge is 0.212 e. The molecule has 1 aliphatic rings. The fraction of sp³-hybridized carbons (Fsp3) is 0.462. The molecule has 5 nitrogen and oxygen atoms in total. The molecule has 102 valence electrons. The van der Waals surface area contributed by atoms with E-state index < -0.39 is 15.3 Å². The van der Waals surface area contributed by atoms with Crippen molar-refractivity contribution < 1.29 is 13.2 Å². The molecule has 1 aromatic rings. The van der Waals surface area contributed by atoms with Gasteiger partial charge in [-0.2, -0.15) is 5.26 Å². The van der Waals surface area contributed by atoms with Gasteiger partial charge in [-0.15, -0.1) is 0 Å². The summed E-state index contributed by atoms with van der Waals surface area (Å²) in [5.74, 6) is -0.196. The Balaban J connectivity index is 2.23. The third kappa shape index (κ3) is 3.32. The molecule has 1 aromatic carbocycles. The predicted molar refractivity (Wildman–Crippen MR) is 70.7 cm³/mol. The number of nitrogens with zero attached hydrogens (tertiary/aromatic N) is 1. The molecule has 1 aliphatic heterocycles. The van der Waals surface area contributed by atoms with Gasteiger partial charge in [0.1, 0.15) is 0 Å². The maximum atomic E-state index is 11.6. The molecule has 6 heteroatoms. The largest absolute Gasteiger partial charge is 0.381 e. The third-order valence-electron chi connectivity index (χ3n) is 3.45. The van der Waals surface area contributed by atoms with Crippen molar-refractivity contribution in [2.75, 3.05) is 13.2 Å². The average molecular weight is 280 g/mol. The zero-order valence-electron chi connectivity index (χ0n) is 10.5. The first kappa shape index (κ1) is 14.0. The molecular weight excluding hydrogens is 264 g/mol. The van der Waals surface area contributed by atoms with Crippen molar-refractivity contribution in [3.8, 4) is 6.07 Å². The molecule has 0 aliphatic carbocycles. The number of sulfonamides is 1. The highest BCUT2D eigenvalue weighted by molar-refractivity contribution is 7.89. The Morgan fingerprint density at radius 1 is 1.42 bits per heavy atom. The normalized spacial score (nSPS) is 23.8. The van der Waals surface area contributed by atoms with Crippen molar-refractivity contribution in [1.82, 2.24) is 0 Å². The van der Waals surface area contributed by atoms with E-state index in [2.05, 4.69) is 6.07 Å². The van der Waals surface area contributed by atoms with E-state index in [1.54, 1.807) is 12.1 Å². The van der Waals surface area contributed by atoms with Gasteiger partial charge in [0.25, 0.3) is 0 Å². The standard InChI is InChI=1S/C13H16N2O3S/c14-8-11-4-2-1-3-10(11)7-12-9-18-6-5-13(12)19(15,16)17/h1-4,12-13H,5-7,9H2,(H2,15,16,17)/t12-,13-/m0/s1. The van der Waals surface area contributed by atoms with Gasteiger partial charge in [-0.25, -0.2) is 13.6 Å². The van der Waals surface area contributed by atoms with E-state index in [9.17, 15) is 8.42 Å². The number of nitriles is 1. The van der Waals surface area contributed by atoms with Gasteiger partial charge in [-0.3, -0.25) is 0 Å². The lowest BCUT2D eigenvalue weighted by Crippen LogP contribution is -2.42. The molecule has 0 unspecified atom stereocenters. The fourth-order valence-corrected chi connectivity index (χ4v) is 3.63. The lowest BCUT2D eigenvalue weighted by Gasteiger charge is -2.30. The van der Waals surface area contributed by atoms with Crippen LogP contribution < -0.4 is 5.14 Å². The molecule has 0 amide bonds. The Kier molecular flexibility index (Phi) is 4.20. The van der Waals surface area contributed by atoms with Crippen LogP contribution in [0.3, 0.4) is 0 Å². The van der Waals surface area contributed by atoms with Crippen LogP contribution >= 0.6 is 0 Å². The molecule has 1 saturated heterocycles. The third-order valence-corrected chi connectivity index (χ3v) is 4.91. The van der Waals surface area contributed by atoms with Gasteiger partial charge >= 0.3 is 0 Å². The minimum atomic E-state index is -3.58. The van der Waals surface area contributed by atoms with Crippen LogP contribution in [0.1, 0.15) is 17.5 Å². The van der Waals surface area contributed by atoms with Crippen molar-refractivity contribution in [1.29, 1.82) is 5.26 Å². The second-order valence-corrected chi connectivity index (χ2v) is 6.51. The van der Waals surface area contributed by atoms with Crippen LogP contribution in [-0.2, 0) is 21.2 Å². The lowest BCUT2D eigenvalue weighted by atomic mass is 9.91. The van der Waals surface area contributed by atoms with Crippen LogP contribution in [0.5, 0.6) is 0 Å². The molecule has 0 aromatic heterocycles. The van der Waals surface area contributed by atoms with Crippen molar-refractivity contribution in [2.45, 2.75) is 18.1 Å². The summed E-state index contributed by atoms with van der Waals surface area (Å²) in [4.78, 5) is 0. The highest BCUT2D eigenvalue weighted by atomic mass is 32.2. The zero-order valence-corrected chi connectivity index (χ0v) is 11.3. The summed E-state index contributed by atoms with van der Waals surface area (Å²) < 4.78 is 28.5. The number of ether oxygens (including phenoxy) is 1. The first-order valence-electron chi connectivity index (χ1n) is 6.09. The van der Waals surface area contributed by atoms with E-state index in [0.29, 0.717) is 31.6 Å². The van der Waals surface area contributed by atoms with Gasteiger partial charge < -0.3 is 4.74 Å². The number of benzene rings is 1. The van der Waals surface area contributed by atoms with Crippen LogP contribution in [0, 0.1) is 17.2 Å². The Hall–Kier alpha value is -1.42. The van der Waals surface area contributed by atoms with Crippen molar-refractivity contribution in [3.63, 3.8) is 0 Å². The summed E-state index contributed by atoms with van der Waals surface area (Å²) in [5, 5.41) is 13.7. The predicted octanol–water partition coefficient (Wildman–Crippen LogP) is 0.794. The van der Waals surface area contributed by atoms with E-state index >= 15 is 0 Å². The molecule has 0 bridgehead atoms. The monoisotopic (exact) mass is 280 g/mol. The van der Waals surface area contributed by atoms with Gasteiger partial charge in [-0.05, 0) is 24.5 Å². The quantitative estimate of drug-likeness (QED) is 0.886. The minimum Gasteiger partial charge on any atom is -0.381 e. The SMILES string of the molecule is N#Cc1ccccc1C[C@H]1COCC[C@@H]1S(N)(=O)=O. The van der Waals surface area contributed by atoms with Crippen molar-refractivity contribution in [3.05, 3.63) is 35.4 Å². The van der Waals surface area contributed by atoms with Crippen LogP contribution in [0.4, 0.5) is 0 Å². The van der Waals surface area contributed by atoms with E-state index in [1.165, 1.54) is 0 Å². The van der Waals surface area contributed by atoms with Gasteiger partial charge in [0.05, 0.1) is 23.5 Å². The first-order chi connectivity index (χ1) is 9.02. The zero-order chi connectivity index (χ0) is 13.9. The maximum Gasteiger partial charge on any atom is 0.212 e. The molecule has 0 radical (unpaired) electrons. The second-order valence-electron chi connectivity index (χ2n) is 4.72. The van der Waals surface area contributed by atoms with Gasteiger partial charge in [-0.1, -0.05) is 18.2 Å². The molecule has 1 heterocycles. The molecule has 0 spiro atoms.